The van der Waals surface area contributed by atoms with Gasteiger partial charge in [0.25, 0.3) is 0 Å². The van der Waals surface area contributed by atoms with Gasteiger partial charge in [0.15, 0.2) is 0 Å². The molecule has 5 heteroatoms. The fourth-order valence-electron chi connectivity index (χ4n) is 1.58. The van der Waals surface area contributed by atoms with E-state index in [0.717, 1.165) is 16.1 Å². The maximum absolute atomic E-state index is 6.00. The molecule has 1 N–H and O–H groups in total. The zero-order valence-corrected chi connectivity index (χ0v) is 13.2. The molecular weight excluding hydrogens is 326 g/mol. The van der Waals surface area contributed by atoms with Crippen molar-refractivity contribution in [3.63, 3.8) is 0 Å². The average Bonchev–Trinajstić information content (AvgIpc) is 2.37. The molecule has 0 saturated heterocycles. The Bertz CT molecular complexity index is 555. The molecule has 19 heavy (non-hydrogen) atoms. The van der Waals surface area contributed by atoms with Crippen LogP contribution in [0.5, 0.6) is 0 Å². The van der Waals surface area contributed by atoms with Gasteiger partial charge in [-0.15, -0.1) is 0 Å². The summed E-state index contributed by atoms with van der Waals surface area (Å²) in [5, 5.41) is 3.74. The lowest BCUT2D eigenvalue weighted by atomic mass is 10.2. The first-order chi connectivity index (χ1) is 9.04. The number of benzene rings is 1. The highest BCUT2D eigenvalue weighted by molar-refractivity contribution is 9.10. The summed E-state index contributed by atoms with van der Waals surface area (Å²) in [4.78, 5) is 8.66. The van der Waals surface area contributed by atoms with Crippen LogP contribution in [0.4, 0.5) is 5.82 Å². The normalized spacial score (nSPS) is 10.8. The second-order valence-electron chi connectivity index (χ2n) is 4.57. The third-order valence-electron chi connectivity index (χ3n) is 2.62. The van der Waals surface area contributed by atoms with Crippen molar-refractivity contribution in [2.75, 3.05) is 5.32 Å². The molecule has 0 spiro atoms. The molecule has 2 aromatic rings. The third kappa shape index (κ3) is 4.18. The van der Waals surface area contributed by atoms with E-state index in [9.17, 15) is 0 Å². The Balaban J connectivity index is 2.08. The van der Waals surface area contributed by atoms with E-state index in [2.05, 4.69) is 43.3 Å². The van der Waals surface area contributed by atoms with E-state index >= 15 is 0 Å². The number of hydrogen-bond donors (Lipinski definition) is 1. The number of hydrogen-bond acceptors (Lipinski definition) is 3. The van der Waals surface area contributed by atoms with Crippen LogP contribution < -0.4 is 5.32 Å². The lowest BCUT2D eigenvalue weighted by molar-refractivity contribution is 0.774. The standard InChI is InChI=1S/C14H15BrClN3/c1-9(2)14-18-12(16)7-13(19-14)17-8-10-3-5-11(15)6-4-10/h3-7,9H,8H2,1-2H3,(H,17,18,19). The van der Waals surface area contributed by atoms with Gasteiger partial charge < -0.3 is 5.32 Å². The maximum Gasteiger partial charge on any atom is 0.135 e. The predicted octanol–water partition coefficient (Wildman–Crippen LogP) is 4.63. The minimum atomic E-state index is 0.256. The summed E-state index contributed by atoms with van der Waals surface area (Å²) < 4.78 is 1.07. The smallest absolute Gasteiger partial charge is 0.135 e. The number of nitrogens with zero attached hydrogens (tertiary/aromatic N) is 2. The van der Waals surface area contributed by atoms with E-state index in [1.807, 2.05) is 26.0 Å². The fourth-order valence-corrected chi connectivity index (χ4v) is 2.03. The summed E-state index contributed by atoms with van der Waals surface area (Å²) >= 11 is 9.42. The van der Waals surface area contributed by atoms with Gasteiger partial charge >= 0.3 is 0 Å². The van der Waals surface area contributed by atoms with Crippen LogP contribution in [-0.2, 0) is 6.54 Å². The van der Waals surface area contributed by atoms with Gasteiger partial charge in [0.2, 0.25) is 0 Å². The second kappa shape index (κ2) is 6.35. The first-order valence-electron chi connectivity index (χ1n) is 6.07. The molecule has 0 aliphatic heterocycles. The average molecular weight is 341 g/mol. The van der Waals surface area contributed by atoms with Gasteiger partial charge in [-0.05, 0) is 17.7 Å². The van der Waals surface area contributed by atoms with Crippen LogP contribution in [-0.4, -0.2) is 9.97 Å². The van der Waals surface area contributed by atoms with E-state index < -0.39 is 0 Å². The summed E-state index contributed by atoms with van der Waals surface area (Å²) in [5.41, 5.74) is 1.18. The molecule has 0 bridgehead atoms. The topological polar surface area (TPSA) is 37.8 Å². The SMILES string of the molecule is CC(C)c1nc(Cl)cc(NCc2ccc(Br)cc2)n1. The Morgan fingerprint density at radius 1 is 1.21 bits per heavy atom. The summed E-state index contributed by atoms with van der Waals surface area (Å²) in [6.07, 6.45) is 0. The minimum Gasteiger partial charge on any atom is -0.366 e. The molecule has 1 aromatic carbocycles. The summed E-state index contributed by atoms with van der Waals surface area (Å²) in [6.45, 7) is 4.80. The van der Waals surface area contributed by atoms with Crippen molar-refractivity contribution in [2.24, 2.45) is 0 Å². The molecule has 0 saturated carbocycles. The number of rotatable bonds is 4. The van der Waals surface area contributed by atoms with Gasteiger partial charge in [0, 0.05) is 23.0 Å². The van der Waals surface area contributed by atoms with Crippen LogP contribution in [0, 0.1) is 0 Å². The molecular formula is C14H15BrClN3. The number of halogens is 2. The van der Waals surface area contributed by atoms with E-state index in [1.165, 1.54) is 5.56 Å². The van der Waals surface area contributed by atoms with Crippen molar-refractivity contribution in [2.45, 2.75) is 26.3 Å². The van der Waals surface area contributed by atoms with Crippen LogP contribution in [0.2, 0.25) is 5.15 Å². The molecule has 0 radical (unpaired) electrons. The Labute approximate surface area is 126 Å². The van der Waals surface area contributed by atoms with E-state index in [0.29, 0.717) is 11.7 Å². The Kier molecular flexibility index (Phi) is 4.77. The highest BCUT2D eigenvalue weighted by atomic mass is 79.9. The summed E-state index contributed by atoms with van der Waals surface area (Å²) in [5.74, 6) is 1.77. The van der Waals surface area contributed by atoms with Gasteiger partial charge in [0.1, 0.15) is 16.8 Å². The first-order valence-corrected chi connectivity index (χ1v) is 7.24. The molecule has 100 valence electrons. The molecule has 0 unspecified atom stereocenters. The van der Waals surface area contributed by atoms with Gasteiger partial charge in [0.05, 0.1) is 0 Å². The number of nitrogens with one attached hydrogen (secondary N) is 1. The van der Waals surface area contributed by atoms with Crippen LogP contribution in [0.25, 0.3) is 0 Å². The largest absolute Gasteiger partial charge is 0.366 e. The van der Waals surface area contributed by atoms with E-state index in [-0.39, 0.29) is 5.92 Å². The Hall–Kier alpha value is -1.13. The Morgan fingerprint density at radius 2 is 1.89 bits per heavy atom. The first kappa shape index (κ1) is 14.3. The zero-order chi connectivity index (χ0) is 13.8. The number of aromatic nitrogens is 2. The van der Waals surface area contributed by atoms with Crippen molar-refractivity contribution in [3.05, 3.63) is 51.3 Å². The highest BCUT2D eigenvalue weighted by Gasteiger charge is 2.06. The van der Waals surface area contributed by atoms with Crippen LogP contribution in [0.3, 0.4) is 0 Å². The van der Waals surface area contributed by atoms with Gasteiger partial charge in [-0.2, -0.15) is 0 Å². The predicted molar refractivity (Wildman–Crippen MR) is 82.6 cm³/mol. The number of anilines is 1. The third-order valence-corrected chi connectivity index (χ3v) is 3.34. The molecule has 2 rings (SSSR count). The van der Waals surface area contributed by atoms with Gasteiger partial charge in [-0.1, -0.05) is 53.5 Å². The lowest BCUT2D eigenvalue weighted by Crippen LogP contribution is -2.05. The fraction of sp³-hybridized carbons (Fsp3) is 0.286. The zero-order valence-electron chi connectivity index (χ0n) is 10.8. The highest BCUT2D eigenvalue weighted by Crippen LogP contribution is 2.18. The van der Waals surface area contributed by atoms with E-state index in [1.54, 1.807) is 6.07 Å². The summed E-state index contributed by atoms with van der Waals surface area (Å²) in [6, 6.07) is 9.89. The van der Waals surface area contributed by atoms with Crippen LogP contribution >= 0.6 is 27.5 Å². The molecule has 1 aromatic heterocycles. The van der Waals surface area contributed by atoms with E-state index in [4.69, 9.17) is 11.6 Å². The van der Waals surface area contributed by atoms with Gasteiger partial charge in [-0.25, -0.2) is 9.97 Å². The quantitative estimate of drug-likeness (QED) is 0.825. The molecule has 0 aliphatic rings. The molecule has 0 atom stereocenters. The molecule has 0 amide bonds. The Morgan fingerprint density at radius 3 is 2.53 bits per heavy atom. The summed E-state index contributed by atoms with van der Waals surface area (Å²) in [7, 11) is 0. The molecule has 0 fully saturated rings. The van der Waals surface area contributed by atoms with Crippen molar-refractivity contribution in [1.29, 1.82) is 0 Å². The van der Waals surface area contributed by atoms with Crippen molar-refractivity contribution in [1.82, 2.24) is 9.97 Å². The van der Waals surface area contributed by atoms with Gasteiger partial charge in [-0.3, -0.25) is 0 Å². The molecule has 1 heterocycles. The second-order valence-corrected chi connectivity index (χ2v) is 5.87. The van der Waals surface area contributed by atoms with Crippen molar-refractivity contribution in [3.8, 4) is 0 Å². The van der Waals surface area contributed by atoms with Crippen molar-refractivity contribution >= 4 is 33.3 Å². The van der Waals surface area contributed by atoms with Crippen LogP contribution in [0.15, 0.2) is 34.8 Å². The molecule has 0 aliphatic carbocycles. The lowest BCUT2D eigenvalue weighted by Gasteiger charge is -2.09. The van der Waals surface area contributed by atoms with Crippen LogP contribution in [0.1, 0.15) is 31.2 Å². The molecule has 3 nitrogen and oxygen atoms in total. The monoisotopic (exact) mass is 339 g/mol. The maximum atomic E-state index is 6.00. The minimum absolute atomic E-state index is 0.256. The van der Waals surface area contributed by atoms with Crippen molar-refractivity contribution < 1.29 is 0 Å².